The number of primary amides is 1. The quantitative estimate of drug-likeness (QED) is 0.345. The van der Waals surface area contributed by atoms with Crippen LogP contribution in [0.25, 0.3) is 0 Å². The molecule has 6 heteroatoms. The molecule has 68 valence electrons. The predicted octanol–water partition coefficient (Wildman–Crippen LogP) is -0.406. The molecule has 3 N–H and O–H groups in total. The van der Waals surface area contributed by atoms with E-state index >= 15 is 0 Å². The molecule has 0 spiro atoms. The average Bonchev–Trinajstić information content (AvgIpc) is 2.00. The Bertz CT molecular complexity index is 212. The molecule has 6 nitrogen and oxygen atoms in total. The lowest BCUT2D eigenvalue weighted by Gasteiger charge is -1.98. The highest BCUT2D eigenvalue weighted by atomic mass is 16.5. The van der Waals surface area contributed by atoms with Gasteiger partial charge in [0.1, 0.15) is 0 Å². The third kappa shape index (κ3) is 5.21. The van der Waals surface area contributed by atoms with Gasteiger partial charge in [0, 0.05) is 5.71 Å². The van der Waals surface area contributed by atoms with Gasteiger partial charge in [-0.2, -0.15) is 5.10 Å². The molecule has 0 heterocycles. The van der Waals surface area contributed by atoms with Crippen LogP contribution in [0.15, 0.2) is 5.10 Å². The Morgan fingerprint density at radius 1 is 1.58 bits per heavy atom. The van der Waals surface area contributed by atoms with Gasteiger partial charge in [0.2, 0.25) is 0 Å². The van der Waals surface area contributed by atoms with Crippen LogP contribution < -0.4 is 11.2 Å². The Balaban J connectivity index is 3.85. The predicted molar refractivity (Wildman–Crippen MR) is 42.5 cm³/mol. The first-order valence-electron chi connectivity index (χ1n) is 3.21. The molecular weight excluding hydrogens is 162 g/mol. The van der Waals surface area contributed by atoms with Crippen molar-refractivity contribution in [3.8, 4) is 0 Å². The Labute approximate surface area is 69.8 Å². The number of urea groups is 1. The average molecular weight is 173 g/mol. The van der Waals surface area contributed by atoms with Crippen LogP contribution in [0.4, 0.5) is 4.79 Å². The van der Waals surface area contributed by atoms with Crippen LogP contribution >= 0.6 is 0 Å². The molecule has 0 aromatic rings. The van der Waals surface area contributed by atoms with Crippen LogP contribution in [0.2, 0.25) is 0 Å². The van der Waals surface area contributed by atoms with Gasteiger partial charge in [-0.25, -0.2) is 10.2 Å². The van der Waals surface area contributed by atoms with Crippen molar-refractivity contribution in [2.75, 3.05) is 7.11 Å². The number of ether oxygens (including phenoxy) is 1. The summed E-state index contributed by atoms with van der Waals surface area (Å²) < 4.78 is 4.36. The van der Waals surface area contributed by atoms with Gasteiger partial charge >= 0.3 is 12.0 Å². The van der Waals surface area contributed by atoms with Gasteiger partial charge in [-0.05, 0) is 6.92 Å². The number of carbonyl (C=O) groups is 2. The van der Waals surface area contributed by atoms with Gasteiger partial charge in [0.25, 0.3) is 0 Å². The van der Waals surface area contributed by atoms with Gasteiger partial charge in [-0.3, -0.25) is 4.79 Å². The van der Waals surface area contributed by atoms with Crippen LogP contribution in [0, 0.1) is 0 Å². The highest BCUT2D eigenvalue weighted by Gasteiger charge is 2.02. The van der Waals surface area contributed by atoms with Crippen molar-refractivity contribution >= 4 is 17.7 Å². The van der Waals surface area contributed by atoms with Crippen LogP contribution in [0.3, 0.4) is 0 Å². The fourth-order valence-electron chi connectivity index (χ4n) is 0.471. The topological polar surface area (TPSA) is 93.8 Å². The summed E-state index contributed by atoms with van der Waals surface area (Å²) in [7, 11) is 1.27. The standard InChI is InChI=1S/C6H11N3O3/c1-4(3-5(10)12-2)8-9-6(7)11/h3H2,1-2H3,(H3,7,9,11)/b8-4-. The minimum absolute atomic E-state index is 0.0385. The second-order valence-corrected chi connectivity index (χ2v) is 2.08. The first-order valence-corrected chi connectivity index (χ1v) is 3.21. The summed E-state index contributed by atoms with van der Waals surface area (Å²) in [5.74, 6) is -0.414. The largest absolute Gasteiger partial charge is 0.469 e. The van der Waals surface area contributed by atoms with E-state index in [4.69, 9.17) is 5.73 Å². The number of carbonyl (C=O) groups excluding carboxylic acids is 2. The Morgan fingerprint density at radius 2 is 2.17 bits per heavy atom. The fraction of sp³-hybridized carbons (Fsp3) is 0.500. The van der Waals surface area contributed by atoms with Crippen molar-refractivity contribution in [2.45, 2.75) is 13.3 Å². The van der Waals surface area contributed by atoms with Crippen LogP contribution in [-0.4, -0.2) is 24.8 Å². The summed E-state index contributed by atoms with van der Waals surface area (Å²) in [6.07, 6.45) is 0.0385. The van der Waals surface area contributed by atoms with E-state index < -0.39 is 12.0 Å². The summed E-state index contributed by atoms with van der Waals surface area (Å²) in [6.45, 7) is 1.58. The Morgan fingerprint density at radius 3 is 2.58 bits per heavy atom. The molecule has 0 bridgehead atoms. The van der Waals surface area contributed by atoms with E-state index in [1.807, 2.05) is 5.43 Å². The summed E-state index contributed by atoms with van der Waals surface area (Å²) in [4.78, 5) is 20.8. The molecular formula is C6H11N3O3. The molecule has 0 fully saturated rings. The Kier molecular flexibility index (Phi) is 4.43. The van der Waals surface area contributed by atoms with E-state index in [0.717, 1.165) is 0 Å². The molecule has 0 unspecified atom stereocenters. The van der Waals surface area contributed by atoms with Crippen molar-refractivity contribution in [2.24, 2.45) is 10.8 Å². The molecule has 0 aromatic heterocycles. The van der Waals surface area contributed by atoms with E-state index in [1.54, 1.807) is 6.92 Å². The SMILES string of the molecule is COC(=O)C/C(C)=N\NC(N)=O. The highest BCUT2D eigenvalue weighted by Crippen LogP contribution is 1.87. The van der Waals surface area contributed by atoms with Crippen molar-refractivity contribution in [1.82, 2.24) is 5.43 Å². The number of hydrogen-bond donors (Lipinski definition) is 2. The van der Waals surface area contributed by atoms with Gasteiger partial charge in [-0.15, -0.1) is 0 Å². The van der Waals surface area contributed by atoms with E-state index in [9.17, 15) is 9.59 Å². The lowest BCUT2D eigenvalue weighted by molar-refractivity contribution is -0.139. The second-order valence-electron chi connectivity index (χ2n) is 2.08. The van der Waals surface area contributed by atoms with Crippen LogP contribution in [0.1, 0.15) is 13.3 Å². The molecule has 0 rings (SSSR count). The molecule has 0 aromatic carbocycles. The molecule has 0 saturated carbocycles. The molecule has 0 atom stereocenters. The second kappa shape index (κ2) is 5.11. The molecule has 0 aliphatic carbocycles. The molecule has 0 saturated heterocycles. The minimum atomic E-state index is -0.765. The van der Waals surface area contributed by atoms with E-state index in [1.165, 1.54) is 7.11 Å². The number of hydrazone groups is 1. The lowest BCUT2D eigenvalue weighted by Crippen LogP contribution is -2.25. The number of methoxy groups -OCH3 is 1. The lowest BCUT2D eigenvalue weighted by atomic mass is 10.3. The minimum Gasteiger partial charge on any atom is -0.469 e. The summed E-state index contributed by atoms with van der Waals surface area (Å²) in [5.41, 5.74) is 7.16. The van der Waals surface area contributed by atoms with Crippen molar-refractivity contribution in [3.63, 3.8) is 0 Å². The highest BCUT2D eigenvalue weighted by molar-refractivity contribution is 5.97. The van der Waals surface area contributed by atoms with E-state index in [0.29, 0.717) is 5.71 Å². The van der Waals surface area contributed by atoms with E-state index in [2.05, 4.69) is 9.84 Å². The maximum atomic E-state index is 10.6. The number of esters is 1. The van der Waals surface area contributed by atoms with Crippen LogP contribution in [-0.2, 0) is 9.53 Å². The smallest absolute Gasteiger partial charge is 0.332 e. The number of rotatable bonds is 3. The molecule has 0 aliphatic rings. The monoisotopic (exact) mass is 173 g/mol. The normalized spacial score (nSPS) is 10.7. The summed E-state index contributed by atoms with van der Waals surface area (Å²) in [5, 5.41) is 3.50. The number of nitrogens with two attached hydrogens (primary N) is 1. The van der Waals surface area contributed by atoms with Crippen molar-refractivity contribution < 1.29 is 14.3 Å². The zero-order chi connectivity index (χ0) is 9.56. The third-order valence-corrected chi connectivity index (χ3v) is 0.985. The number of hydrogen-bond acceptors (Lipinski definition) is 4. The number of amides is 2. The van der Waals surface area contributed by atoms with Crippen molar-refractivity contribution in [3.05, 3.63) is 0 Å². The number of nitrogens with one attached hydrogen (secondary N) is 1. The van der Waals surface area contributed by atoms with Crippen molar-refractivity contribution in [1.29, 1.82) is 0 Å². The molecule has 0 radical (unpaired) electrons. The fourth-order valence-corrected chi connectivity index (χ4v) is 0.471. The van der Waals surface area contributed by atoms with Gasteiger partial charge in [0.15, 0.2) is 0 Å². The number of nitrogens with zero attached hydrogens (tertiary/aromatic N) is 1. The third-order valence-electron chi connectivity index (χ3n) is 0.985. The summed E-state index contributed by atoms with van der Waals surface area (Å²) >= 11 is 0. The zero-order valence-corrected chi connectivity index (χ0v) is 6.96. The Hall–Kier alpha value is -1.59. The maximum Gasteiger partial charge on any atom is 0.332 e. The molecule has 12 heavy (non-hydrogen) atoms. The molecule has 0 aliphatic heterocycles. The van der Waals surface area contributed by atoms with Gasteiger partial charge < -0.3 is 10.5 Å². The first-order chi connectivity index (χ1) is 5.56. The van der Waals surface area contributed by atoms with Crippen LogP contribution in [0.5, 0.6) is 0 Å². The first kappa shape index (κ1) is 10.4. The van der Waals surface area contributed by atoms with E-state index in [-0.39, 0.29) is 6.42 Å². The maximum absolute atomic E-state index is 10.6. The zero-order valence-electron chi connectivity index (χ0n) is 6.96. The van der Waals surface area contributed by atoms with Gasteiger partial charge in [0.05, 0.1) is 13.5 Å². The summed E-state index contributed by atoms with van der Waals surface area (Å²) in [6, 6.07) is -0.765. The molecule has 2 amide bonds. The van der Waals surface area contributed by atoms with Gasteiger partial charge in [-0.1, -0.05) is 0 Å².